The molecule has 0 bridgehead atoms. The summed E-state index contributed by atoms with van der Waals surface area (Å²) in [7, 11) is 0. The van der Waals surface area contributed by atoms with Gasteiger partial charge in [0.15, 0.2) is 11.5 Å². The van der Waals surface area contributed by atoms with E-state index >= 15 is 0 Å². The normalized spacial score (nSPS) is 11.8. The van der Waals surface area contributed by atoms with E-state index in [0.29, 0.717) is 5.82 Å². The first kappa shape index (κ1) is 14.8. The smallest absolute Gasteiger partial charge is 0.234 e. The Morgan fingerprint density at radius 1 is 1.30 bits per heavy atom. The average Bonchev–Trinajstić information content (AvgIpc) is 2.88. The molecule has 0 amide bonds. The molecule has 0 radical (unpaired) electrons. The van der Waals surface area contributed by atoms with E-state index in [2.05, 4.69) is 10.1 Å². The molecule has 0 saturated carbocycles. The van der Waals surface area contributed by atoms with Crippen LogP contribution in [0.25, 0.3) is 5.82 Å². The summed E-state index contributed by atoms with van der Waals surface area (Å²) in [5, 5.41) is 3.51. The maximum Gasteiger partial charge on any atom is 0.435 e. The van der Waals surface area contributed by atoms with E-state index in [1.54, 1.807) is 6.07 Å². The summed E-state index contributed by atoms with van der Waals surface area (Å²) >= 11 is 5.80. The fourth-order valence-electron chi connectivity index (χ4n) is 1.81. The monoisotopic (exact) mass is 303 g/mol. The van der Waals surface area contributed by atoms with Gasteiger partial charge in [0, 0.05) is 17.8 Å². The lowest BCUT2D eigenvalue weighted by Crippen LogP contribution is -2.08. The Balaban J connectivity index is 2.41. The number of pyridine rings is 1. The van der Waals surface area contributed by atoms with Gasteiger partial charge >= 0.3 is 6.18 Å². The molecule has 0 N–H and O–H groups in total. The van der Waals surface area contributed by atoms with E-state index in [-0.39, 0.29) is 5.88 Å². The van der Waals surface area contributed by atoms with Crippen LogP contribution in [-0.4, -0.2) is 14.8 Å². The number of rotatable bonds is 4. The molecule has 0 spiro atoms. The Morgan fingerprint density at radius 3 is 2.60 bits per heavy atom. The van der Waals surface area contributed by atoms with Crippen LogP contribution in [0.5, 0.6) is 0 Å². The van der Waals surface area contributed by atoms with Gasteiger partial charge in [-0.25, -0.2) is 9.67 Å². The summed E-state index contributed by atoms with van der Waals surface area (Å²) in [6, 6.07) is 4.42. The highest BCUT2D eigenvalue weighted by molar-refractivity contribution is 6.17. The van der Waals surface area contributed by atoms with Gasteiger partial charge in [-0.2, -0.15) is 18.3 Å². The molecule has 20 heavy (non-hydrogen) atoms. The standard InChI is InChI=1S/C13H13ClF3N3/c1-2-3-10-6-9(8-14)7-12(18-10)20-5-4-11(19-20)13(15,16)17/h4-7H,2-3,8H2,1H3. The molecule has 0 unspecified atom stereocenters. The third-order valence-electron chi connectivity index (χ3n) is 2.70. The fourth-order valence-corrected chi connectivity index (χ4v) is 1.97. The van der Waals surface area contributed by atoms with E-state index < -0.39 is 11.9 Å². The van der Waals surface area contributed by atoms with E-state index in [0.717, 1.165) is 34.8 Å². The highest BCUT2D eigenvalue weighted by Gasteiger charge is 2.33. The molecule has 2 aromatic heterocycles. The summed E-state index contributed by atoms with van der Waals surface area (Å²) in [5.74, 6) is 0.627. The maximum absolute atomic E-state index is 12.5. The van der Waals surface area contributed by atoms with Gasteiger partial charge in [-0.1, -0.05) is 13.3 Å². The molecule has 0 aromatic carbocycles. The minimum atomic E-state index is -4.46. The van der Waals surface area contributed by atoms with Crippen molar-refractivity contribution in [2.45, 2.75) is 31.8 Å². The van der Waals surface area contributed by atoms with Gasteiger partial charge in [0.1, 0.15) is 0 Å². The first-order chi connectivity index (χ1) is 9.44. The molecule has 2 rings (SSSR count). The molecule has 0 fully saturated rings. The Morgan fingerprint density at radius 2 is 2.05 bits per heavy atom. The number of aromatic nitrogens is 3. The molecule has 0 aliphatic heterocycles. The summed E-state index contributed by atoms with van der Waals surface area (Å²) in [5.41, 5.74) is 0.668. The first-order valence-corrected chi connectivity index (χ1v) is 6.66. The van der Waals surface area contributed by atoms with Crippen LogP contribution in [0, 0.1) is 0 Å². The maximum atomic E-state index is 12.5. The van der Waals surface area contributed by atoms with Crippen LogP contribution < -0.4 is 0 Å². The highest BCUT2D eigenvalue weighted by atomic mass is 35.5. The van der Waals surface area contributed by atoms with E-state index in [1.165, 1.54) is 6.20 Å². The van der Waals surface area contributed by atoms with Gasteiger partial charge in [0.2, 0.25) is 0 Å². The largest absolute Gasteiger partial charge is 0.435 e. The van der Waals surface area contributed by atoms with Crippen LogP contribution in [0.3, 0.4) is 0 Å². The number of alkyl halides is 4. The topological polar surface area (TPSA) is 30.7 Å². The van der Waals surface area contributed by atoms with Crippen LogP contribution in [0.4, 0.5) is 13.2 Å². The Kier molecular flexibility index (Phi) is 4.32. The molecule has 0 atom stereocenters. The average molecular weight is 304 g/mol. The quantitative estimate of drug-likeness (QED) is 0.800. The van der Waals surface area contributed by atoms with Crippen LogP contribution in [0.1, 0.15) is 30.3 Å². The summed E-state index contributed by atoms with van der Waals surface area (Å²) < 4.78 is 38.8. The van der Waals surface area contributed by atoms with Crippen molar-refractivity contribution in [1.29, 1.82) is 0 Å². The molecule has 3 nitrogen and oxygen atoms in total. The zero-order chi connectivity index (χ0) is 14.8. The van der Waals surface area contributed by atoms with Crippen LogP contribution >= 0.6 is 11.6 Å². The Bertz CT molecular complexity index is 593. The van der Waals surface area contributed by atoms with Gasteiger partial charge in [-0.3, -0.25) is 0 Å². The van der Waals surface area contributed by atoms with Crippen molar-refractivity contribution in [1.82, 2.24) is 14.8 Å². The lowest BCUT2D eigenvalue weighted by molar-refractivity contribution is -0.141. The second kappa shape index (κ2) is 5.83. The van der Waals surface area contributed by atoms with Crippen molar-refractivity contribution in [3.8, 4) is 5.82 Å². The number of hydrogen-bond acceptors (Lipinski definition) is 2. The third kappa shape index (κ3) is 3.30. The zero-order valence-electron chi connectivity index (χ0n) is 10.8. The zero-order valence-corrected chi connectivity index (χ0v) is 11.5. The second-order valence-corrected chi connectivity index (χ2v) is 4.62. The minimum absolute atomic E-state index is 0.277. The molecular weight excluding hydrogens is 291 g/mol. The molecule has 0 aliphatic rings. The molecule has 2 heterocycles. The summed E-state index contributed by atoms with van der Waals surface area (Å²) in [6.07, 6.45) is -1.57. The second-order valence-electron chi connectivity index (χ2n) is 4.35. The van der Waals surface area contributed by atoms with E-state index in [4.69, 9.17) is 11.6 Å². The van der Waals surface area contributed by atoms with Crippen molar-refractivity contribution in [3.63, 3.8) is 0 Å². The number of aryl methyl sites for hydroxylation is 1. The molecular formula is C13H13ClF3N3. The SMILES string of the molecule is CCCc1cc(CCl)cc(-n2ccc(C(F)(F)F)n2)n1. The minimum Gasteiger partial charge on any atom is -0.234 e. The Hall–Kier alpha value is -1.56. The molecule has 0 aliphatic carbocycles. The third-order valence-corrected chi connectivity index (χ3v) is 3.01. The van der Waals surface area contributed by atoms with E-state index in [1.807, 2.05) is 13.0 Å². The van der Waals surface area contributed by atoms with Gasteiger partial charge in [-0.15, -0.1) is 11.6 Å². The molecule has 2 aromatic rings. The van der Waals surface area contributed by atoms with Gasteiger partial charge in [0.25, 0.3) is 0 Å². The van der Waals surface area contributed by atoms with Crippen molar-refractivity contribution in [3.05, 3.63) is 41.3 Å². The summed E-state index contributed by atoms with van der Waals surface area (Å²) in [6.45, 7) is 2.00. The van der Waals surface area contributed by atoms with Crippen molar-refractivity contribution in [2.75, 3.05) is 0 Å². The van der Waals surface area contributed by atoms with Gasteiger partial charge in [-0.05, 0) is 30.2 Å². The number of hydrogen-bond donors (Lipinski definition) is 0. The van der Waals surface area contributed by atoms with Crippen LogP contribution in [-0.2, 0) is 18.5 Å². The predicted octanol–water partition coefficient (Wildman–Crippen LogP) is 3.98. The predicted molar refractivity (Wildman–Crippen MR) is 69.9 cm³/mol. The van der Waals surface area contributed by atoms with Gasteiger partial charge < -0.3 is 0 Å². The molecule has 108 valence electrons. The summed E-state index contributed by atoms with van der Waals surface area (Å²) in [4.78, 5) is 4.31. The van der Waals surface area contributed by atoms with Crippen molar-refractivity contribution in [2.24, 2.45) is 0 Å². The molecule has 7 heteroatoms. The lowest BCUT2D eigenvalue weighted by Gasteiger charge is -2.07. The van der Waals surface area contributed by atoms with Crippen LogP contribution in [0.15, 0.2) is 24.4 Å². The lowest BCUT2D eigenvalue weighted by atomic mass is 10.2. The Labute approximate surface area is 119 Å². The first-order valence-electron chi connectivity index (χ1n) is 6.13. The molecule has 0 saturated heterocycles. The van der Waals surface area contributed by atoms with E-state index in [9.17, 15) is 13.2 Å². The van der Waals surface area contributed by atoms with Crippen LogP contribution in [0.2, 0.25) is 0 Å². The van der Waals surface area contributed by atoms with Crippen molar-refractivity contribution < 1.29 is 13.2 Å². The highest BCUT2D eigenvalue weighted by Crippen LogP contribution is 2.27. The number of halogens is 4. The van der Waals surface area contributed by atoms with Gasteiger partial charge in [0.05, 0.1) is 0 Å². The van der Waals surface area contributed by atoms with Crippen molar-refractivity contribution >= 4 is 11.6 Å². The fraction of sp³-hybridized carbons (Fsp3) is 0.385. The number of nitrogens with zero attached hydrogens (tertiary/aromatic N) is 3.